The number of carbonyl (C=O) groups excluding carboxylic acids is 1. The second-order valence-electron chi connectivity index (χ2n) is 4.75. The van der Waals surface area contributed by atoms with Gasteiger partial charge in [-0.25, -0.2) is 4.79 Å². The number of halogens is 15. The van der Waals surface area contributed by atoms with Crippen LogP contribution in [0.15, 0.2) is 0 Å². The zero-order chi connectivity index (χ0) is 23.9. The number of esters is 1. The van der Waals surface area contributed by atoms with Gasteiger partial charge in [-0.3, -0.25) is 9.47 Å². The molecule has 0 aliphatic heterocycles. The number of alkyl halides is 15. The third kappa shape index (κ3) is 5.49. The van der Waals surface area contributed by atoms with E-state index in [2.05, 4.69) is 4.74 Å². The van der Waals surface area contributed by atoms with Crippen LogP contribution in [0.4, 0.5) is 61.5 Å². The first-order chi connectivity index (χ1) is 12.5. The third-order valence-electron chi connectivity index (χ3n) is 2.68. The summed E-state index contributed by atoms with van der Waals surface area (Å²) in [5.41, 5.74) is 0. The topological polar surface area (TPSA) is 44.8 Å². The molecule has 0 aliphatic rings. The second-order valence-corrected chi connectivity index (χ2v) is 5.52. The molecule has 0 saturated heterocycles. The van der Waals surface area contributed by atoms with Crippen molar-refractivity contribution in [3.05, 3.63) is 0 Å². The number of carbonyl (C=O) groups is 1. The van der Waals surface area contributed by atoms with Crippen LogP contribution < -0.4 is 0 Å². The zero-order valence-electron chi connectivity index (χ0n) is 13.0. The fourth-order valence-corrected chi connectivity index (χ4v) is 1.64. The summed E-state index contributed by atoms with van der Waals surface area (Å²) in [6, 6.07) is 0. The van der Waals surface area contributed by atoms with Crippen LogP contribution in [0.5, 0.6) is 0 Å². The Morgan fingerprint density at radius 1 is 0.733 bits per heavy atom. The zero-order valence-corrected chi connectivity index (χ0v) is 15.2. The number of methoxy groups -OCH3 is 1. The molecule has 0 radical (unpaired) electrons. The molecule has 0 saturated carbocycles. The highest BCUT2D eigenvalue weighted by molar-refractivity contribution is 14.1. The maximum Gasteiger partial charge on any atom is 0.460 e. The first kappa shape index (κ1) is 31.3. The molecule has 2 atom stereocenters. The molecule has 0 heterocycles. The van der Waals surface area contributed by atoms with Gasteiger partial charge in [0, 0.05) is 0 Å². The Bertz CT molecular complexity index is 606. The number of ether oxygens (including phenoxy) is 3. The Balaban J connectivity index is 0. The van der Waals surface area contributed by atoms with E-state index in [-0.39, 0.29) is 14.5 Å². The van der Waals surface area contributed by atoms with Crippen molar-refractivity contribution in [2.75, 3.05) is 11.5 Å². The molecule has 0 amide bonds. The van der Waals surface area contributed by atoms with Crippen LogP contribution >= 0.6 is 22.6 Å². The Morgan fingerprint density at radius 3 is 1.40 bits per heavy atom. The summed E-state index contributed by atoms with van der Waals surface area (Å²) < 4.78 is 187. The molecule has 19 heteroatoms. The van der Waals surface area contributed by atoms with Crippen molar-refractivity contribution >= 4 is 28.6 Å². The van der Waals surface area contributed by atoms with Crippen molar-refractivity contribution in [3.63, 3.8) is 0 Å². The van der Waals surface area contributed by atoms with Crippen molar-refractivity contribution in [2.45, 2.75) is 49.6 Å². The van der Waals surface area contributed by atoms with E-state index < -0.39 is 52.6 Å². The quantitative estimate of drug-likeness (QED) is 0.160. The van der Waals surface area contributed by atoms with Crippen molar-refractivity contribution in [1.82, 2.24) is 0 Å². The van der Waals surface area contributed by atoms with Gasteiger partial charge >= 0.3 is 48.2 Å². The van der Waals surface area contributed by atoms with E-state index in [0.717, 1.165) is 0 Å². The molecule has 0 spiro atoms. The molecule has 0 N–H and O–H groups in total. The molecule has 30 heavy (non-hydrogen) atoms. The summed E-state index contributed by atoms with van der Waals surface area (Å²) in [6.07, 6.45) is -28.7. The van der Waals surface area contributed by atoms with Crippen LogP contribution in [0.2, 0.25) is 0 Å². The summed E-state index contributed by atoms with van der Waals surface area (Å²) in [7, 11) is -0.109. The Morgan fingerprint density at radius 2 is 1.13 bits per heavy atom. The molecule has 0 aromatic heterocycles. The normalized spacial score (nSPS) is 18.1. The maximum atomic E-state index is 13.8. The Labute approximate surface area is 170 Å². The van der Waals surface area contributed by atoms with Crippen molar-refractivity contribution < 1.29 is 80.5 Å². The minimum absolute atomic E-state index is 0. The lowest BCUT2D eigenvalue weighted by atomic mass is 10.2. The van der Waals surface area contributed by atoms with E-state index in [1.165, 1.54) is 0 Å². The van der Waals surface area contributed by atoms with Gasteiger partial charge in [0.2, 0.25) is 0 Å². The van der Waals surface area contributed by atoms with Crippen LogP contribution in [-0.2, 0) is 19.0 Å². The first-order valence-electron chi connectivity index (χ1n) is 6.15. The van der Waals surface area contributed by atoms with Gasteiger partial charge in [-0.05, 0) is 0 Å². The molecule has 0 rings (SSSR count). The number of rotatable bonds is 8. The van der Waals surface area contributed by atoms with Gasteiger partial charge in [-0.2, -0.15) is 61.5 Å². The Hall–Kier alpha value is -0.860. The summed E-state index contributed by atoms with van der Waals surface area (Å²) in [4.78, 5) is 10.7. The predicted molar refractivity (Wildman–Crippen MR) is 74.4 cm³/mol. The summed E-state index contributed by atoms with van der Waals surface area (Å²) in [5.74, 6) is -23.3. The number of hydrogen-bond donors (Lipinski definition) is 0. The summed E-state index contributed by atoms with van der Waals surface area (Å²) >= 11 is 0.393. The van der Waals surface area contributed by atoms with E-state index in [4.69, 9.17) is 0 Å². The highest BCUT2D eigenvalue weighted by Crippen LogP contribution is 2.54. The lowest BCUT2D eigenvalue weighted by molar-refractivity contribution is -0.537. The fourth-order valence-electron chi connectivity index (χ4n) is 1.20. The van der Waals surface area contributed by atoms with Gasteiger partial charge in [0.25, 0.3) is 0 Å². The average Bonchev–Trinajstić information content (AvgIpc) is 2.50. The SMILES string of the molecule is C.COC(=O)C(F)(OC(F)(F)C(F)(OC(F)(F)C(F)(F)CI)C(F)(F)F)C(F)(F)F. The van der Waals surface area contributed by atoms with Crippen LogP contribution in [0.3, 0.4) is 0 Å². The largest absolute Gasteiger partial charge is 0.465 e. The Kier molecular flexibility index (Phi) is 9.34. The summed E-state index contributed by atoms with van der Waals surface area (Å²) in [5, 5.41) is 0. The van der Waals surface area contributed by atoms with Gasteiger partial charge in [-0.15, -0.1) is 0 Å². The third-order valence-corrected chi connectivity index (χ3v) is 3.64. The minimum Gasteiger partial charge on any atom is -0.465 e. The average molecular weight is 598 g/mol. The molecule has 0 aromatic carbocycles. The van der Waals surface area contributed by atoms with E-state index in [0.29, 0.717) is 22.6 Å². The lowest BCUT2D eigenvalue weighted by Crippen LogP contribution is -2.67. The number of hydrogen-bond acceptors (Lipinski definition) is 4. The highest BCUT2D eigenvalue weighted by atomic mass is 127. The first-order valence-corrected chi connectivity index (χ1v) is 7.68. The molecular formula is C11H9F14IO4. The van der Waals surface area contributed by atoms with Gasteiger partial charge in [0.1, 0.15) is 0 Å². The molecular weight excluding hydrogens is 589 g/mol. The predicted octanol–water partition coefficient (Wildman–Crippen LogP) is 5.54. The van der Waals surface area contributed by atoms with Gasteiger partial charge in [0.05, 0.1) is 11.5 Å². The van der Waals surface area contributed by atoms with E-state index in [1.807, 2.05) is 9.47 Å². The highest BCUT2D eigenvalue weighted by Gasteiger charge is 2.83. The summed E-state index contributed by atoms with van der Waals surface area (Å²) in [6.45, 7) is 0. The van der Waals surface area contributed by atoms with E-state index in [9.17, 15) is 66.3 Å². The molecule has 0 fully saturated rings. The standard InChI is InChI=1S/C10H5F14IO4.CH4/c1-27-3(26)5(13,7(15,16)17)28-10(23,24)6(14,8(18,19)20)29-9(21,22)4(11,12)2-25;/h2H2,1H3;1H4. The van der Waals surface area contributed by atoms with Gasteiger partial charge in [-0.1, -0.05) is 30.0 Å². The molecule has 0 aliphatic carbocycles. The van der Waals surface area contributed by atoms with Crippen LogP contribution in [0, 0.1) is 0 Å². The van der Waals surface area contributed by atoms with Crippen molar-refractivity contribution in [1.29, 1.82) is 0 Å². The fraction of sp³-hybridized carbons (Fsp3) is 0.909. The van der Waals surface area contributed by atoms with E-state index in [1.54, 1.807) is 0 Å². The van der Waals surface area contributed by atoms with Gasteiger partial charge in [0.15, 0.2) is 0 Å². The molecule has 0 bridgehead atoms. The van der Waals surface area contributed by atoms with Crippen molar-refractivity contribution in [2.24, 2.45) is 0 Å². The lowest BCUT2D eigenvalue weighted by Gasteiger charge is -2.39. The molecule has 2 unspecified atom stereocenters. The maximum absolute atomic E-state index is 13.8. The minimum atomic E-state index is -7.52. The van der Waals surface area contributed by atoms with Crippen LogP contribution in [0.1, 0.15) is 7.43 Å². The van der Waals surface area contributed by atoms with Gasteiger partial charge < -0.3 is 4.74 Å². The smallest absolute Gasteiger partial charge is 0.460 e. The monoisotopic (exact) mass is 598 g/mol. The molecule has 0 aromatic rings. The van der Waals surface area contributed by atoms with Crippen LogP contribution in [-0.4, -0.2) is 59.7 Å². The molecule has 4 nitrogen and oxygen atoms in total. The van der Waals surface area contributed by atoms with Crippen molar-refractivity contribution in [3.8, 4) is 0 Å². The van der Waals surface area contributed by atoms with E-state index >= 15 is 0 Å². The second kappa shape index (κ2) is 8.94. The van der Waals surface area contributed by atoms with Crippen LogP contribution in [0.25, 0.3) is 0 Å². The molecule has 182 valence electrons.